The number of benzene rings is 1. The number of aromatic nitrogens is 4. The summed E-state index contributed by atoms with van der Waals surface area (Å²) >= 11 is 0. The third kappa shape index (κ3) is 4.46. The molecule has 8 nitrogen and oxygen atoms in total. The largest absolute Gasteiger partial charge is 0.418 e. The number of nitrogens with one attached hydrogen (secondary N) is 1. The van der Waals surface area contributed by atoms with Crippen LogP contribution in [0.25, 0.3) is 11.0 Å². The predicted octanol–water partition coefficient (Wildman–Crippen LogP) is 2.22. The third-order valence-electron chi connectivity index (χ3n) is 5.01. The molecule has 11 heteroatoms. The minimum Gasteiger partial charge on any atom is -0.398 e. The lowest BCUT2D eigenvalue weighted by Gasteiger charge is -2.26. The Morgan fingerprint density at radius 2 is 1.97 bits per heavy atom. The van der Waals surface area contributed by atoms with E-state index in [0.29, 0.717) is 29.1 Å². The van der Waals surface area contributed by atoms with Crippen molar-refractivity contribution >= 4 is 22.7 Å². The van der Waals surface area contributed by atoms with Gasteiger partial charge < -0.3 is 15.8 Å². The van der Waals surface area contributed by atoms with Crippen molar-refractivity contribution in [2.45, 2.75) is 12.7 Å². The molecule has 0 bridgehead atoms. The molecule has 3 heterocycles. The molecule has 3 N–H and O–H groups in total. The Hall–Kier alpha value is -2.92. The highest BCUT2D eigenvalue weighted by Crippen LogP contribution is 2.35. The fourth-order valence-electron chi connectivity index (χ4n) is 3.38. The van der Waals surface area contributed by atoms with Crippen LogP contribution in [0.4, 0.5) is 24.8 Å². The Bertz CT molecular complexity index is 1020. The molecule has 0 saturated carbocycles. The van der Waals surface area contributed by atoms with E-state index in [4.69, 9.17) is 10.5 Å². The molecule has 30 heavy (non-hydrogen) atoms. The van der Waals surface area contributed by atoms with Gasteiger partial charge in [0.15, 0.2) is 5.65 Å². The Labute approximate surface area is 170 Å². The molecule has 0 aliphatic carbocycles. The normalized spacial score (nSPS) is 15.6. The summed E-state index contributed by atoms with van der Waals surface area (Å²) in [6, 6.07) is 3.87. The van der Waals surface area contributed by atoms with Gasteiger partial charge >= 0.3 is 6.18 Å². The second kappa shape index (κ2) is 8.44. The molecule has 0 atom stereocenters. The summed E-state index contributed by atoms with van der Waals surface area (Å²) in [5.74, 6) is 0.439. The zero-order valence-electron chi connectivity index (χ0n) is 16.2. The molecular weight excluding hydrogens is 399 g/mol. The van der Waals surface area contributed by atoms with Gasteiger partial charge in [-0.15, -0.1) is 0 Å². The Morgan fingerprint density at radius 3 is 2.73 bits per heavy atom. The van der Waals surface area contributed by atoms with Crippen LogP contribution in [0.3, 0.4) is 0 Å². The minimum atomic E-state index is -4.51. The number of ether oxygens (including phenoxy) is 1. The van der Waals surface area contributed by atoms with Crippen molar-refractivity contribution in [3.05, 3.63) is 41.7 Å². The maximum Gasteiger partial charge on any atom is 0.418 e. The monoisotopic (exact) mass is 421 g/mol. The molecular formula is C19H22F3N7O. The average molecular weight is 421 g/mol. The number of nitrogens with two attached hydrogens (primary N) is 1. The fourth-order valence-corrected chi connectivity index (χ4v) is 3.38. The fraction of sp³-hybridized carbons (Fsp3) is 0.421. The number of hydrogen-bond donors (Lipinski definition) is 2. The number of para-hydroxylation sites is 1. The molecule has 0 amide bonds. The quantitative estimate of drug-likeness (QED) is 0.590. The lowest BCUT2D eigenvalue weighted by Crippen LogP contribution is -2.39. The van der Waals surface area contributed by atoms with E-state index >= 15 is 0 Å². The maximum absolute atomic E-state index is 13.1. The van der Waals surface area contributed by atoms with Gasteiger partial charge in [0.25, 0.3) is 0 Å². The summed E-state index contributed by atoms with van der Waals surface area (Å²) in [5, 5.41) is 8.13. The molecule has 0 radical (unpaired) electrons. The van der Waals surface area contributed by atoms with Gasteiger partial charge in [-0.2, -0.15) is 23.3 Å². The first-order valence-corrected chi connectivity index (χ1v) is 9.59. The third-order valence-corrected chi connectivity index (χ3v) is 5.01. The first-order chi connectivity index (χ1) is 14.4. The van der Waals surface area contributed by atoms with E-state index in [9.17, 15) is 13.2 Å². The van der Waals surface area contributed by atoms with Crippen molar-refractivity contribution in [2.75, 3.05) is 50.4 Å². The molecule has 0 spiro atoms. The number of nitrogen functional groups attached to an aromatic ring is 1. The van der Waals surface area contributed by atoms with Crippen LogP contribution in [0.15, 0.2) is 30.6 Å². The predicted molar refractivity (Wildman–Crippen MR) is 106 cm³/mol. The molecule has 1 aliphatic rings. The Morgan fingerprint density at radius 1 is 1.17 bits per heavy atom. The number of nitrogens with zero attached hydrogens (tertiary/aromatic N) is 5. The van der Waals surface area contributed by atoms with Crippen LogP contribution >= 0.6 is 0 Å². The average Bonchev–Trinajstić information content (AvgIpc) is 3.12. The van der Waals surface area contributed by atoms with Crippen molar-refractivity contribution in [1.29, 1.82) is 0 Å². The van der Waals surface area contributed by atoms with E-state index in [0.717, 1.165) is 38.9 Å². The summed E-state index contributed by atoms with van der Waals surface area (Å²) in [5.41, 5.74) is 5.48. The second-order valence-corrected chi connectivity index (χ2v) is 7.03. The highest BCUT2D eigenvalue weighted by Gasteiger charge is 2.33. The van der Waals surface area contributed by atoms with E-state index in [1.165, 1.54) is 10.7 Å². The zero-order valence-corrected chi connectivity index (χ0v) is 16.2. The van der Waals surface area contributed by atoms with Crippen LogP contribution in [-0.2, 0) is 17.5 Å². The van der Waals surface area contributed by atoms with Crippen LogP contribution in [0, 0.1) is 0 Å². The molecule has 4 rings (SSSR count). The van der Waals surface area contributed by atoms with Crippen molar-refractivity contribution in [3.8, 4) is 0 Å². The summed E-state index contributed by atoms with van der Waals surface area (Å²) in [6.45, 7) is 4.84. The van der Waals surface area contributed by atoms with E-state index in [1.54, 1.807) is 18.5 Å². The first kappa shape index (κ1) is 20.4. The number of fused-ring (bicyclic) bond motifs is 1. The van der Waals surface area contributed by atoms with Crippen molar-refractivity contribution in [3.63, 3.8) is 0 Å². The second-order valence-electron chi connectivity index (χ2n) is 7.03. The van der Waals surface area contributed by atoms with Gasteiger partial charge in [-0.05, 0) is 11.6 Å². The molecule has 0 unspecified atom stereocenters. The SMILES string of the molecule is Nc1c(Cn2ncc3cnc(NCCN4CCOCC4)nc32)cccc1C(F)(F)F. The topological polar surface area (TPSA) is 94.1 Å². The molecule has 1 fully saturated rings. The van der Waals surface area contributed by atoms with Crippen LogP contribution in [-0.4, -0.2) is 64.0 Å². The van der Waals surface area contributed by atoms with Gasteiger partial charge in [0.2, 0.25) is 5.95 Å². The first-order valence-electron chi connectivity index (χ1n) is 9.59. The van der Waals surface area contributed by atoms with E-state index in [2.05, 4.69) is 25.3 Å². The number of anilines is 2. The number of morpholine rings is 1. The Balaban J connectivity index is 1.49. The lowest BCUT2D eigenvalue weighted by molar-refractivity contribution is -0.136. The smallest absolute Gasteiger partial charge is 0.398 e. The summed E-state index contributed by atoms with van der Waals surface area (Å²) in [7, 11) is 0. The van der Waals surface area contributed by atoms with Crippen molar-refractivity contribution in [2.24, 2.45) is 0 Å². The van der Waals surface area contributed by atoms with Gasteiger partial charge in [-0.1, -0.05) is 12.1 Å². The van der Waals surface area contributed by atoms with Crippen LogP contribution in [0.5, 0.6) is 0 Å². The molecule has 1 aliphatic heterocycles. The zero-order chi connectivity index (χ0) is 21.1. The standard InChI is InChI=1S/C19H22F3N7O/c20-19(21,22)15-3-1-2-13(16(15)23)12-29-17-14(11-26-29)10-25-18(27-17)24-4-5-28-6-8-30-9-7-28/h1-3,10-11H,4-9,12,23H2,(H,24,25,27). The number of rotatable bonds is 6. The number of halogens is 3. The van der Waals surface area contributed by atoms with Crippen molar-refractivity contribution in [1.82, 2.24) is 24.6 Å². The van der Waals surface area contributed by atoms with Crippen LogP contribution in [0.2, 0.25) is 0 Å². The lowest BCUT2D eigenvalue weighted by atomic mass is 10.1. The van der Waals surface area contributed by atoms with E-state index < -0.39 is 11.7 Å². The van der Waals surface area contributed by atoms with Crippen molar-refractivity contribution < 1.29 is 17.9 Å². The maximum atomic E-state index is 13.1. The Kier molecular flexibility index (Phi) is 5.73. The van der Waals surface area contributed by atoms with Gasteiger partial charge in [-0.3, -0.25) is 4.90 Å². The van der Waals surface area contributed by atoms with Gasteiger partial charge in [0, 0.05) is 38.1 Å². The molecule has 160 valence electrons. The summed E-state index contributed by atoms with van der Waals surface area (Å²) in [6.07, 6.45) is -1.29. The highest BCUT2D eigenvalue weighted by atomic mass is 19.4. The minimum absolute atomic E-state index is 0.0729. The molecule has 1 saturated heterocycles. The number of hydrogen-bond acceptors (Lipinski definition) is 7. The van der Waals surface area contributed by atoms with Gasteiger partial charge in [0.05, 0.1) is 36.9 Å². The van der Waals surface area contributed by atoms with Gasteiger partial charge in [0.1, 0.15) is 0 Å². The summed E-state index contributed by atoms with van der Waals surface area (Å²) in [4.78, 5) is 11.1. The van der Waals surface area contributed by atoms with E-state index in [1.807, 2.05) is 0 Å². The number of alkyl halides is 3. The molecule has 2 aromatic heterocycles. The van der Waals surface area contributed by atoms with Crippen LogP contribution < -0.4 is 11.1 Å². The molecule has 1 aromatic carbocycles. The van der Waals surface area contributed by atoms with Crippen LogP contribution in [0.1, 0.15) is 11.1 Å². The highest BCUT2D eigenvalue weighted by molar-refractivity contribution is 5.74. The van der Waals surface area contributed by atoms with Gasteiger partial charge in [-0.25, -0.2) is 9.67 Å². The molecule has 3 aromatic rings. The summed E-state index contributed by atoms with van der Waals surface area (Å²) < 4.78 is 46.2. The van der Waals surface area contributed by atoms with E-state index in [-0.39, 0.29) is 12.2 Å².